The van der Waals surface area contributed by atoms with Gasteiger partial charge in [-0.15, -0.1) is 11.3 Å². The van der Waals surface area contributed by atoms with Crippen molar-refractivity contribution in [2.75, 3.05) is 0 Å². The predicted molar refractivity (Wildman–Crippen MR) is 83.0 cm³/mol. The van der Waals surface area contributed by atoms with Crippen LogP contribution >= 0.6 is 22.9 Å². The lowest BCUT2D eigenvalue weighted by molar-refractivity contribution is 0.195. The summed E-state index contributed by atoms with van der Waals surface area (Å²) in [7, 11) is 0. The Morgan fingerprint density at radius 2 is 1.89 bits per heavy atom. The van der Waals surface area contributed by atoms with Crippen molar-refractivity contribution in [3.8, 4) is 0 Å². The SMILES string of the molecule is NC(Cc1ccc(Cl)s1)C1(c2ccccc2)CCC1. The molecule has 1 fully saturated rings. The molecule has 1 nitrogen and oxygen atoms in total. The normalized spacial score (nSPS) is 18.8. The number of nitrogens with two attached hydrogens (primary N) is 1. The van der Waals surface area contributed by atoms with Crippen LogP contribution in [0.4, 0.5) is 0 Å². The van der Waals surface area contributed by atoms with Crippen LogP contribution in [0.1, 0.15) is 29.7 Å². The van der Waals surface area contributed by atoms with Gasteiger partial charge in [0.2, 0.25) is 0 Å². The fraction of sp³-hybridized carbons (Fsp3) is 0.375. The third-order valence-electron chi connectivity index (χ3n) is 4.35. The van der Waals surface area contributed by atoms with Crippen LogP contribution in [0.3, 0.4) is 0 Å². The van der Waals surface area contributed by atoms with Gasteiger partial charge >= 0.3 is 0 Å². The van der Waals surface area contributed by atoms with E-state index in [0.717, 1.165) is 10.8 Å². The Balaban J connectivity index is 1.82. The third kappa shape index (κ3) is 2.45. The van der Waals surface area contributed by atoms with E-state index in [1.165, 1.54) is 29.7 Å². The maximum absolute atomic E-state index is 6.55. The molecule has 0 spiro atoms. The highest BCUT2D eigenvalue weighted by molar-refractivity contribution is 7.16. The van der Waals surface area contributed by atoms with Gasteiger partial charge < -0.3 is 5.73 Å². The second kappa shape index (κ2) is 5.28. The Morgan fingerprint density at radius 3 is 2.42 bits per heavy atom. The van der Waals surface area contributed by atoms with Crippen molar-refractivity contribution in [3.05, 3.63) is 57.2 Å². The number of benzene rings is 1. The van der Waals surface area contributed by atoms with Gasteiger partial charge in [-0.2, -0.15) is 0 Å². The Labute approximate surface area is 123 Å². The molecule has 1 aromatic heterocycles. The molecule has 0 amide bonds. The molecule has 0 bridgehead atoms. The molecule has 1 aliphatic rings. The summed E-state index contributed by atoms with van der Waals surface area (Å²) in [6.07, 6.45) is 4.62. The average Bonchev–Trinajstić information content (AvgIpc) is 2.75. The van der Waals surface area contributed by atoms with Gasteiger partial charge in [-0.1, -0.05) is 48.4 Å². The predicted octanol–water partition coefficient (Wildman–Crippen LogP) is 4.39. The largest absolute Gasteiger partial charge is 0.327 e. The van der Waals surface area contributed by atoms with E-state index in [9.17, 15) is 0 Å². The minimum atomic E-state index is 0.178. The molecule has 0 radical (unpaired) electrons. The molecule has 3 rings (SSSR count). The molecule has 3 heteroatoms. The van der Waals surface area contributed by atoms with Crippen molar-refractivity contribution >= 4 is 22.9 Å². The topological polar surface area (TPSA) is 26.0 Å². The average molecular weight is 292 g/mol. The van der Waals surface area contributed by atoms with E-state index in [4.69, 9.17) is 17.3 Å². The maximum Gasteiger partial charge on any atom is 0.0931 e. The number of hydrogen-bond acceptors (Lipinski definition) is 2. The molecule has 2 aromatic rings. The number of thiophene rings is 1. The molecule has 0 aliphatic heterocycles. The van der Waals surface area contributed by atoms with Crippen molar-refractivity contribution in [2.45, 2.75) is 37.1 Å². The van der Waals surface area contributed by atoms with Crippen LogP contribution in [-0.2, 0) is 11.8 Å². The number of halogens is 1. The smallest absolute Gasteiger partial charge is 0.0931 e. The molecular weight excluding hydrogens is 274 g/mol. The first-order valence-corrected chi connectivity index (χ1v) is 7.95. The lowest BCUT2D eigenvalue weighted by Gasteiger charge is -2.47. The van der Waals surface area contributed by atoms with E-state index in [0.29, 0.717) is 0 Å². The molecule has 100 valence electrons. The van der Waals surface area contributed by atoms with E-state index in [-0.39, 0.29) is 11.5 Å². The highest BCUT2D eigenvalue weighted by atomic mass is 35.5. The molecule has 1 atom stereocenters. The number of hydrogen-bond donors (Lipinski definition) is 1. The van der Waals surface area contributed by atoms with Crippen molar-refractivity contribution in [2.24, 2.45) is 5.73 Å². The molecule has 1 aliphatic carbocycles. The van der Waals surface area contributed by atoms with Gasteiger partial charge in [0.1, 0.15) is 0 Å². The van der Waals surface area contributed by atoms with E-state index < -0.39 is 0 Å². The molecule has 0 saturated heterocycles. The standard InChI is InChI=1S/C16H18ClNS/c17-15-8-7-13(19-15)11-14(18)16(9-4-10-16)12-5-2-1-3-6-12/h1-3,5-8,14H,4,9-11,18H2. The molecular formula is C16H18ClNS. The van der Waals surface area contributed by atoms with Crippen LogP contribution in [-0.4, -0.2) is 6.04 Å². The van der Waals surface area contributed by atoms with Gasteiger partial charge in [-0.25, -0.2) is 0 Å². The Kier molecular flexibility index (Phi) is 3.66. The van der Waals surface area contributed by atoms with E-state index >= 15 is 0 Å². The Hall–Kier alpha value is -0.830. The van der Waals surface area contributed by atoms with Gasteiger partial charge in [-0.3, -0.25) is 0 Å². The summed E-state index contributed by atoms with van der Waals surface area (Å²) in [5.74, 6) is 0. The second-order valence-electron chi connectivity index (χ2n) is 5.39. The lowest BCUT2D eigenvalue weighted by atomic mass is 9.59. The van der Waals surface area contributed by atoms with E-state index in [1.807, 2.05) is 6.07 Å². The van der Waals surface area contributed by atoms with Crippen LogP contribution in [0.2, 0.25) is 4.34 Å². The summed E-state index contributed by atoms with van der Waals surface area (Å²) in [6, 6.07) is 15.0. The first-order chi connectivity index (χ1) is 9.21. The highest BCUT2D eigenvalue weighted by Gasteiger charge is 2.43. The van der Waals surface area contributed by atoms with E-state index in [2.05, 4.69) is 36.4 Å². The monoisotopic (exact) mass is 291 g/mol. The van der Waals surface area contributed by atoms with Crippen molar-refractivity contribution < 1.29 is 0 Å². The Bertz CT molecular complexity index is 545. The van der Waals surface area contributed by atoms with Gasteiger partial charge in [-0.05, 0) is 37.0 Å². The molecule has 1 aromatic carbocycles. The fourth-order valence-electron chi connectivity index (χ4n) is 3.07. The van der Waals surface area contributed by atoms with E-state index in [1.54, 1.807) is 11.3 Å². The summed E-state index contributed by atoms with van der Waals surface area (Å²) in [5.41, 5.74) is 8.13. The van der Waals surface area contributed by atoms with Crippen LogP contribution in [0, 0.1) is 0 Å². The van der Waals surface area contributed by atoms with Crippen molar-refractivity contribution in [3.63, 3.8) is 0 Å². The van der Waals surface area contributed by atoms with Crippen molar-refractivity contribution in [1.82, 2.24) is 0 Å². The van der Waals surface area contributed by atoms with Crippen LogP contribution in [0.15, 0.2) is 42.5 Å². The number of rotatable bonds is 4. The fourth-order valence-corrected chi connectivity index (χ4v) is 4.22. The molecule has 1 unspecified atom stereocenters. The maximum atomic E-state index is 6.55. The quantitative estimate of drug-likeness (QED) is 0.888. The molecule has 1 saturated carbocycles. The van der Waals surface area contributed by atoms with Crippen LogP contribution in [0.5, 0.6) is 0 Å². The first-order valence-electron chi connectivity index (χ1n) is 6.76. The lowest BCUT2D eigenvalue weighted by Crippen LogP contribution is -2.51. The zero-order valence-corrected chi connectivity index (χ0v) is 12.4. The second-order valence-corrected chi connectivity index (χ2v) is 7.19. The zero-order valence-electron chi connectivity index (χ0n) is 10.8. The minimum absolute atomic E-state index is 0.178. The summed E-state index contributed by atoms with van der Waals surface area (Å²) < 4.78 is 0.851. The molecule has 1 heterocycles. The van der Waals surface area contributed by atoms with Crippen LogP contribution < -0.4 is 5.73 Å². The summed E-state index contributed by atoms with van der Waals surface area (Å²) in [6.45, 7) is 0. The van der Waals surface area contributed by atoms with Crippen molar-refractivity contribution in [1.29, 1.82) is 0 Å². The van der Waals surface area contributed by atoms with Crippen LogP contribution in [0.25, 0.3) is 0 Å². The summed E-state index contributed by atoms with van der Waals surface area (Å²) in [5, 5.41) is 0. The first kappa shape index (κ1) is 13.2. The summed E-state index contributed by atoms with van der Waals surface area (Å²) in [4.78, 5) is 1.29. The van der Waals surface area contributed by atoms with Gasteiger partial charge in [0.15, 0.2) is 0 Å². The summed E-state index contributed by atoms with van der Waals surface area (Å²) >= 11 is 7.65. The zero-order chi connectivity index (χ0) is 13.3. The third-order valence-corrected chi connectivity index (χ3v) is 5.61. The Morgan fingerprint density at radius 1 is 1.16 bits per heavy atom. The minimum Gasteiger partial charge on any atom is -0.327 e. The molecule has 2 N–H and O–H groups in total. The van der Waals surface area contributed by atoms with Gasteiger partial charge in [0.25, 0.3) is 0 Å². The molecule has 19 heavy (non-hydrogen) atoms. The highest BCUT2D eigenvalue weighted by Crippen LogP contribution is 2.46. The van der Waals surface area contributed by atoms with Gasteiger partial charge in [0.05, 0.1) is 4.34 Å². The van der Waals surface area contributed by atoms with Gasteiger partial charge in [0, 0.05) is 16.3 Å².